The van der Waals surface area contributed by atoms with Gasteiger partial charge in [-0.25, -0.2) is 0 Å². The van der Waals surface area contributed by atoms with E-state index in [0.29, 0.717) is 0 Å². The highest BCUT2D eigenvalue weighted by Gasteiger charge is 2.20. The van der Waals surface area contributed by atoms with Crippen molar-refractivity contribution in [3.05, 3.63) is 51.1 Å². The number of thiophene rings is 1. The van der Waals surface area contributed by atoms with Gasteiger partial charge < -0.3 is 10.7 Å². The monoisotopic (exact) mass is 366 g/mol. The summed E-state index contributed by atoms with van der Waals surface area (Å²) in [5.74, 6) is 0. The molecule has 0 bridgehead atoms. The Morgan fingerprint density at radius 1 is 1.25 bits per heavy atom. The third kappa shape index (κ3) is 2.96. The Morgan fingerprint density at radius 2 is 2.05 bits per heavy atom. The average Bonchev–Trinajstić information content (AvgIpc) is 3.01. The molecule has 3 N–H and O–H groups in total. The zero-order valence-electron chi connectivity index (χ0n) is 11.0. The molecule has 0 spiro atoms. The molecule has 0 fully saturated rings. The van der Waals surface area contributed by atoms with E-state index in [1.165, 1.54) is 15.8 Å². The molecule has 2 aromatic heterocycles. The third-order valence-electron chi connectivity index (χ3n) is 3.11. The van der Waals surface area contributed by atoms with Crippen molar-refractivity contribution in [1.82, 2.24) is 4.98 Å². The van der Waals surface area contributed by atoms with Crippen molar-refractivity contribution in [2.75, 3.05) is 0 Å². The minimum Gasteiger partial charge on any atom is -0.350 e. The van der Waals surface area contributed by atoms with Crippen LogP contribution >= 0.6 is 39.0 Å². The smallest absolute Gasteiger partial charge is 0.0739 e. The molecular weight excluding hydrogens is 352 g/mol. The summed E-state index contributed by atoms with van der Waals surface area (Å²) in [4.78, 5) is 4.76. The van der Waals surface area contributed by atoms with Gasteiger partial charge in [0.15, 0.2) is 0 Å². The zero-order valence-corrected chi connectivity index (χ0v) is 14.2. The van der Waals surface area contributed by atoms with Crippen LogP contribution in [0.15, 0.2) is 51.3 Å². The molecule has 3 aromatic rings. The molecule has 0 aliphatic carbocycles. The lowest BCUT2D eigenvalue weighted by molar-refractivity contribution is 0.729. The van der Waals surface area contributed by atoms with Gasteiger partial charge in [-0.15, -0.1) is 11.3 Å². The summed E-state index contributed by atoms with van der Waals surface area (Å²) >= 11 is 7.07. The van der Waals surface area contributed by atoms with Gasteiger partial charge >= 0.3 is 0 Å². The minimum absolute atomic E-state index is 0.0944. The van der Waals surface area contributed by atoms with Gasteiger partial charge in [0.05, 0.1) is 14.1 Å². The highest BCUT2D eigenvalue weighted by Crippen LogP contribution is 2.41. The second-order valence-corrected chi connectivity index (χ2v) is 8.44. The maximum absolute atomic E-state index is 6.18. The molecular formula is C15H15BrN2S2. The first-order valence-electron chi connectivity index (χ1n) is 6.39. The van der Waals surface area contributed by atoms with Crippen molar-refractivity contribution >= 4 is 49.9 Å². The number of nitrogens with one attached hydrogen (secondary N) is 1. The summed E-state index contributed by atoms with van der Waals surface area (Å²) in [6, 6.07) is 14.9. The summed E-state index contributed by atoms with van der Waals surface area (Å²) in [5.41, 5.74) is 7.35. The Bertz CT molecular complexity index is 684. The molecule has 0 radical (unpaired) electrons. The SMILES string of the molecule is CC(N)C(Sc1cc2ccccc2[nH]1)c1ccc(Br)s1. The van der Waals surface area contributed by atoms with Crippen molar-refractivity contribution in [2.24, 2.45) is 5.73 Å². The minimum atomic E-state index is 0.0944. The summed E-state index contributed by atoms with van der Waals surface area (Å²) in [7, 11) is 0. The highest BCUT2D eigenvalue weighted by molar-refractivity contribution is 9.11. The van der Waals surface area contributed by atoms with Crippen molar-refractivity contribution in [3.63, 3.8) is 0 Å². The fraction of sp³-hybridized carbons (Fsp3) is 0.200. The number of H-pyrrole nitrogens is 1. The second kappa shape index (κ2) is 5.93. The molecule has 0 saturated carbocycles. The summed E-state index contributed by atoms with van der Waals surface area (Å²) in [6.45, 7) is 2.06. The molecule has 20 heavy (non-hydrogen) atoms. The van der Waals surface area contributed by atoms with Gasteiger partial charge in [0.25, 0.3) is 0 Å². The normalized spacial score (nSPS) is 14.6. The Morgan fingerprint density at radius 3 is 2.70 bits per heavy atom. The number of fused-ring (bicyclic) bond motifs is 1. The number of thioether (sulfide) groups is 1. The molecule has 0 amide bonds. The quantitative estimate of drug-likeness (QED) is 0.625. The zero-order chi connectivity index (χ0) is 14.1. The number of aromatic amines is 1. The first-order chi connectivity index (χ1) is 9.63. The van der Waals surface area contributed by atoms with E-state index in [-0.39, 0.29) is 11.3 Å². The maximum atomic E-state index is 6.18. The number of nitrogens with two attached hydrogens (primary N) is 1. The van der Waals surface area contributed by atoms with Crippen molar-refractivity contribution in [1.29, 1.82) is 0 Å². The van der Waals surface area contributed by atoms with Gasteiger partial charge in [0.1, 0.15) is 0 Å². The molecule has 0 saturated heterocycles. The van der Waals surface area contributed by atoms with Crippen LogP contribution < -0.4 is 5.73 Å². The Labute approximate surface area is 134 Å². The van der Waals surface area contributed by atoms with Gasteiger partial charge in [0, 0.05) is 21.8 Å². The molecule has 5 heteroatoms. The van der Waals surface area contributed by atoms with Crippen LogP contribution in [0.2, 0.25) is 0 Å². The molecule has 3 rings (SSSR count). The van der Waals surface area contributed by atoms with Gasteiger partial charge in [-0.2, -0.15) is 0 Å². The largest absolute Gasteiger partial charge is 0.350 e. The molecule has 1 aromatic carbocycles. The van der Waals surface area contributed by atoms with E-state index < -0.39 is 0 Å². The Balaban J connectivity index is 1.89. The highest BCUT2D eigenvalue weighted by atomic mass is 79.9. The number of benzene rings is 1. The summed E-state index contributed by atoms with van der Waals surface area (Å²) in [5, 5.41) is 2.67. The molecule has 0 aliphatic heterocycles. The van der Waals surface area contributed by atoms with Crippen LogP contribution in [0, 0.1) is 0 Å². The third-order valence-corrected chi connectivity index (χ3v) is 6.38. The molecule has 2 nitrogen and oxygen atoms in total. The lowest BCUT2D eigenvalue weighted by atomic mass is 10.2. The van der Waals surface area contributed by atoms with E-state index in [1.807, 2.05) is 6.07 Å². The van der Waals surface area contributed by atoms with Gasteiger partial charge in [-0.1, -0.05) is 30.0 Å². The number of hydrogen-bond acceptors (Lipinski definition) is 3. The fourth-order valence-electron chi connectivity index (χ4n) is 2.15. The molecule has 2 heterocycles. The van der Waals surface area contributed by atoms with Gasteiger partial charge in [0.2, 0.25) is 0 Å². The topological polar surface area (TPSA) is 41.8 Å². The number of hydrogen-bond donors (Lipinski definition) is 2. The van der Waals surface area contributed by atoms with Crippen LogP contribution in [0.5, 0.6) is 0 Å². The summed E-state index contributed by atoms with van der Waals surface area (Å²) < 4.78 is 1.15. The van der Waals surface area contributed by atoms with E-state index in [4.69, 9.17) is 5.73 Å². The number of para-hydroxylation sites is 1. The second-order valence-electron chi connectivity index (χ2n) is 4.76. The Hall–Kier alpha value is -0.750. The van der Waals surface area contributed by atoms with Gasteiger partial charge in [-0.3, -0.25) is 0 Å². The van der Waals surface area contributed by atoms with Crippen molar-refractivity contribution < 1.29 is 0 Å². The molecule has 2 atom stereocenters. The van der Waals surface area contributed by atoms with E-state index >= 15 is 0 Å². The lowest BCUT2D eigenvalue weighted by Crippen LogP contribution is -2.21. The maximum Gasteiger partial charge on any atom is 0.0739 e. The van der Waals surface area contributed by atoms with Crippen molar-refractivity contribution in [2.45, 2.75) is 23.2 Å². The van der Waals surface area contributed by atoms with E-state index in [1.54, 1.807) is 23.1 Å². The van der Waals surface area contributed by atoms with Crippen LogP contribution in [0.1, 0.15) is 17.1 Å². The number of rotatable bonds is 4. The van der Waals surface area contributed by atoms with Crippen LogP contribution in [0.25, 0.3) is 10.9 Å². The first kappa shape index (κ1) is 14.2. The number of halogens is 1. The standard InChI is InChI=1S/C15H15BrN2S2/c1-9(17)15(12-6-7-13(16)19-12)20-14-8-10-4-2-3-5-11(10)18-14/h2-9,15,18H,17H2,1H3. The van der Waals surface area contributed by atoms with Crippen LogP contribution in [-0.2, 0) is 0 Å². The molecule has 2 unspecified atom stereocenters. The van der Waals surface area contributed by atoms with Crippen LogP contribution in [-0.4, -0.2) is 11.0 Å². The predicted octanol–water partition coefficient (Wildman–Crippen LogP) is 5.17. The average molecular weight is 367 g/mol. The summed E-state index contributed by atoms with van der Waals surface area (Å²) in [6.07, 6.45) is 0. The van der Waals surface area contributed by atoms with Crippen molar-refractivity contribution in [3.8, 4) is 0 Å². The van der Waals surface area contributed by atoms with E-state index in [9.17, 15) is 0 Å². The fourth-order valence-corrected chi connectivity index (χ4v) is 5.01. The van der Waals surface area contributed by atoms with E-state index in [0.717, 1.165) is 8.81 Å². The van der Waals surface area contributed by atoms with Gasteiger partial charge in [-0.05, 0) is 47.1 Å². The van der Waals surface area contributed by atoms with Crippen LogP contribution in [0.3, 0.4) is 0 Å². The van der Waals surface area contributed by atoms with E-state index in [2.05, 4.69) is 64.2 Å². The Kier molecular flexibility index (Phi) is 4.21. The van der Waals surface area contributed by atoms with Crippen LogP contribution in [0.4, 0.5) is 0 Å². The number of aromatic nitrogens is 1. The molecule has 0 aliphatic rings. The molecule has 104 valence electrons. The first-order valence-corrected chi connectivity index (χ1v) is 8.87. The predicted molar refractivity (Wildman–Crippen MR) is 92.6 cm³/mol. The lowest BCUT2D eigenvalue weighted by Gasteiger charge is -2.18.